The summed E-state index contributed by atoms with van der Waals surface area (Å²) in [7, 11) is 1.76. The summed E-state index contributed by atoms with van der Waals surface area (Å²) < 4.78 is 0. The number of carbonyl (C=O) groups excluding carboxylic acids is 1. The third-order valence-electron chi connectivity index (χ3n) is 6.01. The normalized spacial score (nSPS) is 17.9. The first-order valence-electron chi connectivity index (χ1n) is 10.8. The van der Waals surface area contributed by atoms with Gasteiger partial charge in [0.2, 0.25) is 0 Å². The Morgan fingerprint density at radius 2 is 1.94 bits per heavy atom. The third-order valence-corrected chi connectivity index (χ3v) is 6.01. The minimum atomic E-state index is -0.756. The molecule has 1 aliphatic carbocycles. The van der Waals surface area contributed by atoms with Gasteiger partial charge in [-0.3, -0.25) is 9.59 Å². The molecule has 3 rings (SSSR count). The Kier molecular flexibility index (Phi) is 7.45. The van der Waals surface area contributed by atoms with Crippen LogP contribution in [0.15, 0.2) is 47.6 Å². The van der Waals surface area contributed by atoms with Gasteiger partial charge in [-0.1, -0.05) is 30.3 Å². The number of rotatable bonds is 8. The summed E-state index contributed by atoms with van der Waals surface area (Å²) in [5.74, 6) is -0.562. The van der Waals surface area contributed by atoms with Crippen molar-refractivity contribution in [1.82, 2.24) is 0 Å². The van der Waals surface area contributed by atoms with Crippen molar-refractivity contribution >= 4 is 23.8 Å². The van der Waals surface area contributed by atoms with E-state index in [0.717, 1.165) is 36.1 Å². The summed E-state index contributed by atoms with van der Waals surface area (Å²) in [6.45, 7) is 4.48. The molecule has 2 atom stereocenters. The molecule has 0 radical (unpaired) electrons. The molecule has 2 aromatic rings. The molecule has 2 unspecified atom stereocenters. The fourth-order valence-electron chi connectivity index (χ4n) is 4.39. The highest BCUT2D eigenvalue weighted by molar-refractivity contribution is 6.06. The molecule has 0 aliphatic heterocycles. The highest BCUT2D eigenvalue weighted by Gasteiger charge is 2.30. The number of oxime groups is 1. The summed E-state index contributed by atoms with van der Waals surface area (Å²) in [6.07, 6.45) is 4.41. The van der Waals surface area contributed by atoms with Crippen molar-refractivity contribution in [2.75, 3.05) is 18.6 Å². The van der Waals surface area contributed by atoms with Crippen LogP contribution in [0.3, 0.4) is 0 Å². The predicted octanol–water partition coefficient (Wildman–Crippen LogP) is 4.86. The van der Waals surface area contributed by atoms with Crippen LogP contribution >= 0.6 is 0 Å². The van der Waals surface area contributed by atoms with E-state index in [0.29, 0.717) is 12.2 Å². The van der Waals surface area contributed by atoms with E-state index in [1.54, 1.807) is 18.2 Å². The molecule has 0 bridgehead atoms. The number of nitrogens with zero attached hydrogens (tertiary/aromatic N) is 2. The number of benzene rings is 2. The second-order valence-electron chi connectivity index (χ2n) is 7.93. The van der Waals surface area contributed by atoms with Crippen molar-refractivity contribution in [3.8, 4) is 0 Å². The zero-order valence-electron chi connectivity index (χ0n) is 18.4. The van der Waals surface area contributed by atoms with Gasteiger partial charge in [0.05, 0.1) is 6.21 Å². The zero-order chi connectivity index (χ0) is 22.4. The average molecular weight is 423 g/mol. The molecule has 1 aliphatic rings. The Morgan fingerprint density at radius 1 is 1.19 bits per heavy atom. The molecule has 0 fully saturated rings. The number of hydrogen-bond donors (Lipinski definition) is 1. The van der Waals surface area contributed by atoms with Crippen molar-refractivity contribution in [3.05, 3.63) is 64.7 Å². The van der Waals surface area contributed by atoms with E-state index in [-0.39, 0.29) is 24.2 Å². The minimum absolute atomic E-state index is 0.0891. The Balaban J connectivity index is 1.80. The second-order valence-corrected chi connectivity index (χ2v) is 7.93. The lowest BCUT2D eigenvalue weighted by molar-refractivity contribution is -0.138. The van der Waals surface area contributed by atoms with E-state index in [4.69, 9.17) is 4.84 Å². The van der Waals surface area contributed by atoms with Crippen molar-refractivity contribution in [3.63, 3.8) is 0 Å². The predicted molar refractivity (Wildman–Crippen MR) is 122 cm³/mol. The lowest BCUT2D eigenvalue weighted by atomic mass is 9.72. The Bertz CT molecular complexity index is 952. The van der Waals surface area contributed by atoms with Gasteiger partial charge in [0, 0.05) is 24.7 Å². The van der Waals surface area contributed by atoms with Crippen molar-refractivity contribution < 1.29 is 19.5 Å². The monoisotopic (exact) mass is 422 g/mol. The van der Waals surface area contributed by atoms with Crippen LogP contribution in [0.2, 0.25) is 0 Å². The first-order valence-corrected chi connectivity index (χ1v) is 10.8. The van der Waals surface area contributed by atoms with Crippen molar-refractivity contribution in [2.45, 2.75) is 45.4 Å². The minimum Gasteiger partial charge on any atom is -0.481 e. The number of carboxylic acid groups (broad SMARTS) is 1. The topological polar surface area (TPSA) is 79.2 Å². The standard InChI is InChI=1S/C25H30N2O4/c1-4-22-19(15-24(28)29)10-8-18-9-11-20(14-23(18)22)25(30)27(3)21-12-6-17(7-13-21)16-26-31-5-2/h6-7,9,11-14,16,19,22H,4-5,8,10,15H2,1-3H3,(H,28,29). The van der Waals surface area contributed by atoms with Crippen LogP contribution in [0.5, 0.6) is 0 Å². The van der Waals surface area contributed by atoms with E-state index >= 15 is 0 Å². The summed E-state index contributed by atoms with van der Waals surface area (Å²) in [5.41, 5.74) is 4.65. The molecule has 0 saturated heterocycles. The number of hydrogen-bond acceptors (Lipinski definition) is 4. The highest BCUT2D eigenvalue weighted by Crippen LogP contribution is 2.40. The van der Waals surface area contributed by atoms with Gasteiger partial charge >= 0.3 is 5.97 Å². The van der Waals surface area contributed by atoms with E-state index in [9.17, 15) is 14.7 Å². The quantitative estimate of drug-likeness (QED) is 0.486. The smallest absolute Gasteiger partial charge is 0.303 e. The molecule has 6 nitrogen and oxygen atoms in total. The van der Waals surface area contributed by atoms with Gasteiger partial charge in [0.1, 0.15) is 6.61 Å². The van der Waals surface area contributed by atoms with E-state index in [1.807, 2.05) is 49.4 Å². The van der Waals surface area contributed by atoms with Gasteiger partial charge in [-0.15, -0.1) is 0 Å². The lowest BCUT2D eigenvalue weighted by Crippen LogP contribution is -2.27. The van der Waals surface area contributed by atoms with E-state index in [1.165, 1.54) is 5.56 Å². The summed E-state index contributed by atoms with van der Waals surface area (Å²) in [4.78, 5) is 31.1. The lowest BCUT2D eigenvalue weighted by Gasteiger charge is -2.33. The maximum absolute atomic E-state index is 13.2. The maximum Gasteiger partial charge on any atom is 0.303 e. The Labute approximate surface area is 183 Å². The summed E-state index contributed by atoms with van der Waals surface area (Å²) >= 11 is 0. The molecule has 1 amide bonds. The molecule has 2 aromatic carbocycles. The van der Waals surface area contributed by atoms with Crippen LogP contribution in [-0.4, -0.2) is 36.9 Å². The van der Waals surface area contributed by atoms with Crippen LogP contribution in [0.1, 0.15) is 66.1 Å². The number of carboxylic acids is 1. The van der Waals surface area contributed by atoms with Gasteiger partial charge < -0.3 is 14.8 Å². The zero-order valence-corrected chi connectivity index (χ0v) is 18.4. The van der Waals surface area contributed by atoms with Crippen LogP contribution in [0.4, 0.5) is 5.69 Å². The van der Waals surface area contributed by atoms with Crippen LogP contribution in [0.25, 0.3) is 0 Å². The van der Waals surface area contributed by atoms with Crippen LogP contribution < -0.4 is 4.90 Å². The molecule has 0 aromatic heterocycles. The first-order chi connectivity index (χ1) is 14.9. The first kappa shape index (κ1) is 22.5. The molecule has 1 N–H and O–H groups in total. The Hall–Kier alpha value is -3.15. The summed E-state index contributed by atoms with van der Waals surface area (Å²) in [6, 6.07) is 13.4. The SMILES string of the molecule is CCON=Cc1ccc(N(C)C(=O)c2ccc3c(c2)C(CC)C(CC(=O)O)CC3)cc1. The maximum atomic E-state index is 13.2. The van der Waals surface area contributed by atoms with E-state index < -0.39 is 5.97 Å². The van der Waals surface area contributed by atoms with Crippen LogP contribution in [0, 0.1) is 5.92 Å². The molecule has 164 valence electrons. The molecule has 0 spiro atoms. The fraction of sp³-hybridized carbons (Fsp3) is 0.400. The Morgan fingerprint density at radius 3 is 2.58 bits per heavy atom. The number of aryl methyl sites for hydroxylation is 1. The third kappa shape index (κ3) is 5.32. The van der Waals surface area contributed by atoms with Gasteiger partial charge in [-0.05, 0) is 79.0 Å². The number of carbonyl (C=O) groups is 2. The van der Waals surface area contributed by atoms with Crippen LogP contribution in [-0.2, 0) is 16.1 Å². The molecular formula is C25H30N2O4. The molecule has 0 heterocycles. The number of anilines is 1. The fourth-order valence-corrected chi connectivity index (χ4v) is 4.39. The van der Waals surface area contributed by atoms with Crippen molar-refractivity contribution in [1.29, 1.82) is 0 Å². The molecule has 6 heteroatoms. The van der Waals surface area contributed by atoms with Gasteiger partial charge in [-0.2, -0.15) is 0 Å². The van der Waals surface area contributed by atoms with Crippen molar-refractivity contribution in [2.24, 2.45) is 11.1 Å². The van der Waals surface area contributed by atoms with Gasteiger partial charge in [0.25, 0.3) is 5.91 Å². The molecule has 0 saturated carbocycles. The number of fused-ring (bicyclic) bond motifs is 1. The molecular weight excluding hydrogens is 392 g/mol. The van der Waals surface area contributed by atoms with Gasteiger partial charge in [0.15, 0.2) is 0 Å². The molecule has 31 heavy (non-hydrogen) atoms. The highest BCUT2D eigenvalue weighted by atomic mass is 16.6. The number of amides is 1. The largest absolute Gasteiger partial charge is 0.481 e. The average Bonchev–Trinajstić information content (AvgIpc) is 2.78. The van der Waals surface area contributed by atoms with Gasteiger partial charge in [-0.25, -0.2) is 0 Å². The summed E-state index contributed by atoms with van der Waals surface area (Å²) in [5, 5.41) is 13.1. The number of aliphatic carboxylic acids is 1. The second kappa shape index (κ2) is 10.2. The van der Waals surface area contributed by atoms with E-state index in [2.05, 4.69) is 12.1 Å².